The topological polar surface area (TPSA) is 62.2 Å². The van der Waals surface area contributed by atoms with Crippen LogP contribution in [0.4, 0.5) is 19.0 Å². The lowest BCUT2D eigenvalue weighted by atomic mass is 10.0. The van der Waals surface area contributed by atoms with Gasteiger partial charge in [-0.15, -0.1) is 0 Å². The largest absolute Gasteiger partial charge is 0.481 e. The minimum atomic E-state index is -4.53. The molecule has 1 rings (SSSR count). The van der Waals surface area contributed by atoms with E-state index >= 15 is 0 Å². The van der Waals surface area contributed by atoms with Gasteiger partial charge < -0.3 is 10.4 Å². The van der Waals surface area contributed by atoms with Crippen LogP contribution in [0.25, 0.3) is 0 Å². The highest BCUT2D eigenvalue weighted by Crippen LogP contribution is 2.34. The Morgan fingerprint density at radius 1 is 1.44 bits per heavy atom. The molecular formula is C11H13F3N2O2. The molecule has 0 amide bonds. The number of alkyl halides is 3. The third-order valence-electron chi connectivity index (χ3n) is 2.16. The second-order valence-electron chi connectivity index (χ2n) is 4.48. The summed E-state index contributed by atoms with van der Waals surface area (Å²) < 4.78 is 38.1. The lowest BCUT2D eigenvalue weighted by Gasteiger charge is -2.26. The second kappa shape index (κ2) is 4.83. The molecule has 0 spiro atoms. The van der Waals surface area contributed by atoms with Crippen molar-refractivity contribution in [2.24, 2.45) is 0 Å². The van der Waals surface area contributed by atoms with E-state index in [1.165, 1.54) is 26.1 Å². The summed E-state index contributed by atoms with van der Waals surface area (Å²) in [6, 6.07) is 2.07. The Bertz CT molecular complexity index is 444. The Labute approximate surface area is 102 Å². The molecule has 18 heavy (non-hydrogen) atoms. The highest BCUT2D eigenvalue weighted by atomic mass is 19.4. The maximum atomic E-state index is 12.7. The SMILES string of the molecule is CC(C)(CC(=O)O)Nc1ncccc1C(F)(F)F. The maximum Gasteiger partial charge on any atom is 0.419 e. The van der Waals surface area contributed by atoms with Crippen molar-refractivity contribution in [3.05, 3.63) is 23.9 Å². The van der Waals surface area contributed by atoms with Gasteiger partial charge in [0.2, 0.25) is 0 Å². The molecule has 0 bridgehead atoms. The number of aromatic nitrogens is 1. The van der Waals surface area contributed by atoms with Crippen molar-refractivity contribution in [2.75, 3.05) is 5.32 Å². The van der Waals surface area contributed by atoms with E-state index in [0.717, 1.165) is 6.07 Å². The van der Waals surface area contributed by atoms with Gasteiger partial charge in [-0.3, -0.25) is 4.79 Å². The molecule has 2 N–H and O–H groups in total. The van der Waals surface area contributed by atoms with E-state index in [-0.39, 0.29) is 12.2 Å². The number of anilines is 1. The van der Waals surface area contributed by atoms with E-state index in [9.17, 15) is 18.0 Å². The summed E-state index contributed by atoms with van der Waals surface area (Å²) in [5.41, 5.74) is -1.94. The van der Waals surface area contributed by atoms with Crippen molar-refractivity contribution in [1.82, 2.24) is 4.98 Å². The first-order valence-corrected chi connectivity index (χ1v) is 5.14. The normalized spacial score (nSPS) is 12.3. The van der Waals surface area contributed by atoms with Gasteiger partial charge in [0.1, 0.15) is 5.82 Å². The van der Waals surface area contributed by atoms with Crippen LogP contribution in [0, 0.1) is 0 Å². The molecule has 0 atom stereocenters. The lowest BCUT2D eigenvalue weighted by molar-refractivity contribution is -0.138. The molecule has 0 aliphatic carbocycles. The molecule has 0 saturated heterocycles. The quantitative estimate of drug-likeness (QED) is 0.875. The van der Waals surface area contributed by atoms with Gasteiger partial charge in [-0.25, -0.2) is 4.98 Å². The van der Waals surface area contributed by atoms with Gasteiger partial charge >= 0.3 is 12.1 Å². The van der Waals surface area contributed by atoms with E-state index in [4.69, 9.17) is 5.11 Å². The Morgan fingerprint density at radius 2 is 2.06 bits per heavy atom. The summed E-state index contributed by atoms with van der Waals surface area (Å²) in [5.74, 6) is -1.46. The number of halogens is 3. The molecule has 0 unspecified atom stereocenters. The molecule has 4 nitrogen and oxygen atoms in total. The van der Waals surface area contributed by atoms with Crippen LogP contribution in [0.5, 0.6) is 0 Å². The van der Waals surface area contributed by atoms with Gasteiger partial charge in [0, 0.05) is 11.7 Å². The summed E-state index contributed by atoms with van der Waals surface area (Å²) in [7, 11) is 0. The van der Waals surface area contributed by atoms with Gasteiger partial charge in [-0.05, 0) is 26.0 Å². The van der Waals surface area contributed by atoms with Crippen LogP contribution in [-0.2, 0) is 11.0 Å². The number of aliphatic carboxylic acids is 1. The van der Waals surface area contributed by atoms with Gasteiger partial charge in [0.25, 0.3) is 0 Å². The van der Waals surface area contributed by atoms with E-state index in [2.05, 4.69) is 10.3 Å². The number of pyridine rings is 1. The van der Waals surface area contributed by atoms with Gasteiger partial charge in [-0.2, -0.15) is 13.2 Å². The summed E-state index contributed by atoms with van der Waals surface area (Å²) in [5, 5.41) is 11.2. The summed E-state index contributed by atoms with van der Waals surface area (Å²) in [6.07, 6.45) is -3.63. The molecule has 0 fully saturated rings. The minimum Gasteiger partial charge on any atom is -0.481 e. The van der Waals surface area contributed by atoms with Gasteiger partial charge in [0.05, 0.1) is 12.0 Å². The monoisotopic (exact) mass is 262 g/mol. The Balaban J connectivity index is 3.01. The number of hydrogen-bond donors (Lipinski definition) is 2. The standard InChI is InChI=1S/C11H13F3N2O2/c1-10(2,6-8(17)18)16-9-7(11(12,13)14)4-3-5-15-9/h3-5H,6H2,1-2H3,(H,15,16)(H,17,18). The number of carbonyl (C=O) groups is 1. The zero-order chi connectivity index (χ0) is 14.0. The van der Waals surface area contributed by atoms with E-state index < -0.39 is 23.2 Å². The van der Waals surface area contributed by atoms with E-state index in [0.29, 0.717) is 0 Å². The zero-order valence-electron chi connectivity index (χ0n) is 9.88. The molecule has 0 saturated carbocycles. The fourth-order valence-corrected chi connectivity index (χ4v) is 1.48. The summed E-state index contributed by atoms with van der Waals surface area (Å²) in [4.78, 5) is 14.2. The van der Waals surface area contributed by atoms with Gasteiger partial charge in [-0.1, -0.05) is 0 Å². The Morgan fingerprint density at radius 3 is 2.56 bits per heavy atom. The summed E-state index contributed by atoms with van der Waals surface area (Å²) in [6.45, 7) is 2.99. The summed E-state index contributed by atoms with van der Waals surface area (Å²) >= 11 is 0. The van der Waals surface area contributed by atoms with Crippen LogP contribution in [0.15, 0.2) is 18.3 Å². The first-order chi connectivity index (χ1) is 8.12. The molecule has 0 aliphatic heterocycles. The molecule has 0 aromatic carbocycles. The van der Waals surface area contributed by atoms with E-state index in [1.54, 1.807) is 0 Å². The number of nitrogens with zero attached hydrogens (tertiary/aromatic N) is 1. The van der Waals surface area contributed by atoms with Crippen molar-refractivity contribution in [3.63, 3.8) is 0 Å². The zero-order valence-corrected chi connectivity index (χ0v) is 9.88. The fourth-order valence-electron chi connectivity index (χ4n) is 1.48. The maximum absolute atomic E-state index is 12.7. The number of rotatable bonds is 4. The average Bonchev–Trinajstić information content (AvgIpc) is 2.13. The fraction of sp³-hybridized carbons (Fsp3) is 0.455. The van der Waals surface area contributed by atoms with Crippen LogP contribution in [0.3, 0.4) is 0 Å². The van der Waals surface area contributed by atoms with Crippen molar-refractivity contribution >= 4 is 11.8 Å². The molecule has 0 radical (unpaired) electrons. The predicted molar refractivity (Wildman–Crippen MR) is 59.2 cm³/mol. The van der Waals surface area contributed by atoms with Crippen LogP contribution in [0.1, 0.15) is 25.8 Å². The predicted octanol–water partition coefficient (Wildman–Crippen LogP) is 2.77. The first-order valence-electron chi connectivity index (χ1n) is 5.14. The van der Waals surface area contributed by atoms with Crippen molar-refractivity contribution in [3.8, 4) is 0 Å². The number of carboxylic acids is 1. The molecule has 1 heterocycles. The molecular weight excluding hydrogens is 249 g/mol. The van der Waals surface area contributed by atoms with Crippen LogP contribution >= 0.6 is 0 Å². The third kappa shape index (κ3) is 3.90. The van der Waals surface area contributed by atoms with Crippen molar-refractivity contribution in [2.45, 2.75) is 32.0 Å². The second-order valence-corrected chi connectivity index (χ2v) is 4.48. The molecule has 1 aromatic rings. The van der Waals surface area contributed by atoms with Crippen LogP contribution in [-0.4, -0.2) is 21.6 Å². The van der Waals surface area contributed by atoms with Gasteiger partial charge in [0.15, 0.2) is 0 Å². The number of nitrogens with one attached hydrogen (secondary N) is 1. The highest BCUT2D eigenvalue weighted by molar-refractivity contribution is 5.69. The smallest absolute Gasteiger partial charge is 0.419 e. The average molecular weight is 262 g/mol. The van der Waals surface area contributed by atoms with Crippen LogP contribution in [0.2, 0.25) is 0 Å². The highest BCUT2D eigenvalue weighted by Gasteiger charge is 2.35. The van der Waals surface area contributed by atoms with E-state index in [1.807, 2.05) is 0 Å². The molecule has 100 valence electrons. The van der Waals surface area contributed by atoms with Crippen molar-refractivity contribution < 1.29 is 23.1 Å². The molecule has 7 heteroatoms. The minimum absolute atomic E-state index is 0.319. The molecule has 1 aromatic heterocycles. The van der Waals surface area contributed by atoms with Crippen LogP contribution < -0.4 is 5.32 Å². The Hall–Kier alpha value is -1.79. The lowest BCUT2D eigenvalue weighted by Crippen LogP contribution is -2.35. The Kier molecular flexibility index (Phi) is 3.83. The number of hydrogen-bond acceptors (Lipinski definition) is 3. The molecule has 0 aliphatic rings. The first kappa shape index (κ1) is 14.3. The number of carboxylic acid groups (broad SMARTS) is 1. The third-order valence-corrected chi connectivity index (χ3v) is 2.16. The van der Waals surface area contributed by atoms with Crippen molar-refractivity contribution in [1.29, 1.82) is 0 Å².